The molecule has 6 heteroatoms. The Morgan fingerprint density at radius 1 is 1.46 bits per heavy atom. The van der Waals surface area contributed by atoms with Gasteiger partial charge in [0, 0.05) is 6.54 Å². The number of benzene rings is 1. The number of nitrogens with one attached hydrogen (secondary N) is 1. The van der Waals surface area contributed by atoms with Gasteiger partial charge in [-0.1, -0.05) is 13.3 Å². The van der Waals surface area contributed by atoms with Gasteiger partial charge in [-0.05, 0) is 43.5 Å². The van der Waals surface area contributed by atoms with Gasteiger partial charge >= 0.3 is 5.97 Å². The molecule has 0 bridgehead atoms. The summed E-state index contributed by atoms with van der Waals surface area (Å²) in [5.41, 5.74) is 0.759. The fourth-order valence-electron chi connectivity index (χ4n) is 3.35. The lowest BCUT2D eigenvalue weighted by Crippen LogP contribution is -2.35. The zero-order chi connectivity index (χ0) is 17.1. The second-order valence-electron chi connectivity index (χ2n) is 6.39. The van der Waals surface area contributed by atoms with Crippen molar-refractivity contribution in [3.8, 4) is 0 Å². The van der Waals surface area contributed by atoms with Crippen LogP contribution in [0.1, 0.15) is 42.4 Å². The molecule has 3 rings (SSSR count). The molecule has 128 valence electrons. The lowest BCUT2D eigenvalue weighted by atomic mass is 9.96. The zero-order valence-corrected chi connectivity index (χ0v) is 14.2. The summed E-state index contributed by atoms with van der Waals surface area (Å²) in [6.07, 6.45) is 3.64. The summed E-state index contributed by atoms with van der Waals surface area (Å²) in [4.78, 5) is 33.7. The van der Waals surface area contributed by atoms with Gasteiger partial charge < -0.3 is 9.72 Å². The lowest BCUT2D eigenvalue weighted by molar-refractivity contribution is 0.0601. The minimum atomic E-state index is -0.428. The van der Waals surface area contributed by atoms with E-state index in [1.807, 2.05) is 0 Å². The number of hydrogen-bond donors (Lipinski definition) is 1. The molecular formula is C18H23N3O3. The van der Waals surface area contributed by atoms with E-state index in [-0.39, 0.29) is 5.56 Å². The first-order valence-electron chi connectivity index (χ1n) is 8.44. The first kappa shape index (κ1) is 16.6. The van der Waals surface area contributed by atoms with E-state index in [1.165, 1.54) is 26.4 Å². The smallest absolute Gasteiger partial charge is 0.337 e. The van der Waals surface area contributed by atoms with Crippen LogP contribution in [-0.4, -0.2) is 41.0 Å². The Morgan fingerprint density at radius 2 is 2.29 bits per heavy atom. The molecule has 2 heterocycles. The minimum absolute atomic E-state index is 0.171. The van der Waals surface area contributed by atoms with Crippen molar-refractivity contribution in [2.75, 3.05) is 20.2 Å². The Bertz CT molecular complexity index is 800. The van der Waals surface area contributed by atoms with Gasteiger partial charge in [0.05, 0.1) is 30.1 Å². The number of piperidine rings is 1. The molecule has 2 aromatic rings. The van der Waals surface area contributed by atoms with Crippen LogP contribution in [0.4, 0.5) is 0 Å². The molecule has 0 radical (unpaired) electrons. The third kappa shape index (κ3) is 3.48. The van der Waals surface area contributed by atoms with Crippen molar-refractivity contribution in [1.82, 2.24) is 14.9 Å². The highest BCUT2D eigenvalue weighted by atomic mass is 16.5. The Balaban J connectivity index is 1.88. The van der Waals surface area contributed by atoms with E-state index in [2.05, 4.69) is 21.8 Å². The Labute approximate surface area is 140 Å². The molecular weight excluding hydrogens is 306 g/mol. The van der Waals surface area contributed by atoms with Crippen LogP contribution < -0.4 is 5.56 Å². The maximum Gasteiger partial charge on any atom is 0.337 e. The molecule has 1 aromatic carbocycles. The predicted octanol–water partition coefficient (Wildman–Crippen LogP) is 2.33. The van der Waals surface area contributed by atoms with Crippen LogP contribution >= 0.6 is 0 Å². The Kier molecular flexibility index (Phi) is 4.94. The summed E-state index contributed by atoms with van der Waals surface area (Å²) in [5, 5.41) is 0.483. The largest absolute Gasteiger partial charge is 0.465 e. The van der Waals surface area contributed by atoms with E-state index in [4.69, 9.17) is 4.74 Å². The number of nitrogens with zero attached hydrogens (tertiary/aromatic N) is 2. The number of fused-ring (bicyclic) bond motifs is 1. The predicted molar refractivity (Wildman–Crippen MR) is 92.0 cm³/mol. The van der Waals surface area contributed by atoms with Gasteiger partial charge in [-0.3, -0.25) is 9.69 Å². The van der Waals surface area contributed by atoms with E-state index in [9.17, 15) is 9.59 Å². The van der Waals surface area contributed by atoms with E-state index in [0.29, 0.717) is 28.8 Å². The quantitative estimate of drug-likeness (QED) is 0.871. The average molecular weight is 329 g/mol. The number of H-pyrrole nitrogens is 1. The van der Waals surface area contributed by atoms with E-state index in [1.54, 1.807) is 18.2 Å². The second-order valence-corrected chi connectivity index (χ2v) is 6.39. The average Bonchev–Trinajstić information content (AvgIpc) is 2.60. The first-order chi connectivity index (χ1) is 11.6. The maximum atomic E-state index is 12.3. The summed E-state index contributed by atoms with van der Waals surface area (Å²) >= 11 is 0. The van der Waals surface area contributed by atoms with Gasteiger partial charge in [-0.15, -0.1) is 0 Å². The third-order valence-corrected chi connectivity index (χ3v) is 4.73. The van der Waals surface area contributed by atoms with Crippen molar-refractivity contribution >= 4 is 16.9 Å². The molecule has 24 heavy (non-hydrogen) atoms. The number of likely N-dealkylation sites (tertiary alicyclic amines) is 1. The molecule has 0 spiro atoms. The topological polar surface area (TPSA) is 75.3 Å². The number of aromatic nitrogens is 2. The molecule has 1 atom stereocenters. The van der Waals surface area contributed by atoms with E-state index >= 15 is 0 Å². The molecule has 1 N–H and O–H groups in total. The highest BCUT2D eigenvalue weighted by Gasteiger charge is 2.19. The number of rotatable bonds is 4. The highest BCUT2D eigenvalue weighted by molar-refractivity contribution is 5.93. The van der Waals surface area contributed by atoms with Crippen LogP contribution in [0.2, 0.25) is 0 Å². The minimum Gasteiger partial charge on any atom is -0.465 e. The van der Waals surface area contributed by atoms with Crippen molar-refractivity contribution in [3.63, 3.8) is 0 Å². The molecule has 0 amide bonds. The van der Waals surface area contributed by atoms with Crippen molar-refractivity contribution in [2.45, 2.75) is 32.7 Å². The number of ether oxygens (including phenoxy) is 1. The van der Waals surface area contributed by atoms with Gasteiger partial charge in [0.25, 0.3) is 5.56 Å². The number of hydrogen-bond acceptors (Lipinski definition) is 5. The van der Waals surface area contributed by atoms with Gasteiger partial charge in [0.2, 0.25) is 0 Å². The molecule has 0 aliphatic carbocycles. The number of aromatic amines is 1. The van der Waals surface area contributed by atoms with Crippen LogP contribution in [0.15, 0.2) is 23.0 Å². The number of esters is 1. The summed E-state index contributed by atoms with van der Waals surface area (Å²) in [7, 11) is 1.34. The molecule has 1 aliphatic rings. The highest BCUT2D eigenvalue weighted by Crippen LogP contribution is 2.20. The zero-order valence-electron chi connectivity index (χ0n) is 14.2. The van der Waals surface area contributed by atoms with Crippen molar-refractivity contribution in [2.24, 2.45) is 5.92 Å². The SMILES string of the molecule is CC[C@H]1CCCN(Cc2nc3cc(C(=O)OC)ccc3c(=O)[nH]2)C1. The monoisotopic (exact) mass is 329 g/mol. The molecule has 6 nitrogen and oxygen atoms in total. The van der Waals surface area contributed by atoms with Crippen molar-refractivity contribution in [3.05, 3.63) is 39.9 Å². The Hall–Kier alpha value is -2.21. The summed E-state index contributed by atoms with van der Waals surface area (Å²) in [6, 6.07) is 4.82. The molecule has 0 saturated carbocycles. The van der Waals surface area contributed by atoms with Crippen LogP contribution in [0.3, 0.4) is 0 Å². The number of methoxy groups -OCH3 is 1. The number of carbonyl (C=O) groups excluding carboxylic acids is 1. The van der Waals surface area contributed by atoms with Crippen molar-refractivity contribution < 1.29 is 9.53 Å². The lowest BCUT2D eigenvalue weighted by Gasteiger charge is -2.31. The van der Waals surface area contributed by atoms with Crippen LogP contribution in [0.5, 0.6) is 0 Å². The van der Waals surface area contributed by atoms with Gasteiger partial charge in [-0.2, -0.15) is 0 Å². The van der Waals surface area contributed by atoms with E-state index < -0.39 is 5.97 Å². The normalized spacial score (nSPS) is 18.7. The summed E-state index contributed by atoms with van der Waals surface area (Å²) in [6.45, 7) is 4.92. The van der Waals surface area contributed by atoms with Gasteiger partial charge in [0.1, 0.15) is 5.82 Å². The standard InChI is InChI=1S/C18H23N3O3/c1-3-12-5-4-8-21(10-12)11-16-19-15-9-13(18(23)24-2)6-7-14(15)17(22)20-16/h6-7,9,12H,3-5,8,10-11H2,1-2H3,(H,19,20,22)/t12-/m0/s1. The molecule has 1 fully saturated rings. The number of carbonyl (C=O) groups is 1. The molecule has 1 aromatic heterocycles. The Morgan fingerprint density at radius 3 is 3.04 bits per heavy atom. The first-order valence-corrected chi connectivity index (χ1v) is 8.44. The molecule has 1 saturated heterocycles. The summed E-state index contributed by atoms with van der Waals surface area (Å²) < 4.78 is 4.73. The second kappa shape index (κ2) is 7.13. The van der Waals surface area contributed by atoms with Crippen molar-refractivity contribution in [1.29, 1.82) is 0 Å². The molecule has 0 unspecified atom stereocenters. The van der Waals surface area contributed by atoms with E-state index in [0.717, 1.165) is 19.0 Å². The van der Waals surface area contributed by atoms with Gasteiger partial charge in [0.15, 0.2) is 0 Å². The van der Waals surface area contributed by atoms with Gasteiger partial charge in [-0.25, -0.2) is 9.78 Å². The van der Waals surface area contributed by atoms with Crippen LogP contribution in [-0.2, 0) is 11.3 Å². The fourth-order valence-corrected chi connectivity index (χ4v) is 3.35. The van der Waals surface area contributed by atoms with Crippen LogP contribution in [0, 0.1) is 5.92 Å². The molecule has 1 aliphatic heterocycles. The fraction of sp³-hybridized carbons (Fsp3) is 0.500. The maximum absolute atomic E-state index is 12.3. The summed E-state index contributed by atoms with van der Waals surface area (Å²) in [5.74, 6) is 0.936. The van der Waals surface area contributed by atoms with Crippen LogP contribution in [0.25, 0.3) is 10.9 Å². The third-order valence-electron chi connectivity index (χ3n) is 4.73.